The largest absolute Gasteiger partial charge is 0.295 e. The average Bonchev–Trinajstić information content (AvgIpc) is 2.88. The van der Waals surface area contributed by atoms with Crippen LogP contribution in [0.25, 0.3) is 28.1 Å². The molecule has 0 aliphatic rings. The third-order valence-corrected chi connectivity index (χ3v) is 4.66. The van der Waals surface area contributed by atoms with Crippen molar-refractivity contribution in [3.63, 3.8) is 0 Å². The molecule has 24 heavy (non-hydrogen) atoms. The van der Waals surface area contributed by atoms with Crippen molar-refractivity contribution in [3.8, 4) is 17.1 Å². The molecule has 3 aromatic carbocycles. The lowest BCUT2D eigenvalue weighted by atomic mass is 10.1. The molecular formula is C22H21N2+. The zero-order chi connectivity index (χ0) is 16.7. The third-order valence-electron chi connectivity index (χ3n) is 4.66. The fourth-order valence-corrected chi connectivity index (χ4v) is 3.43. The molecule has 0 saturated carbocycles. The summed E-state index contributed by atoms with van der Waals surface area (Å²) in [5.41, 5.74) is 7.48. The summed E-state index contributed by atoms with van der Waals surface area (Å²) in [6.45, 7) is 4.32. The Bertz CT molecular complexity index is 1030. The monoisotopic (exact) mass is 313 g/mol. The highest BCUT2D eigenvalue weighted by molar-refractivity contribution is 5.80. The summed E-state index contributed by atoms with van der Waals surface area (Å²) < 4.78 is 4.66. The van der Waals surface area contributed by atoms with Crippen LogP contribution in [0, 0.1) is 13.8 Å². The second-order valence-electron chi connectivity index (χ2n) is 6.36. The van der Waals surface area contributed by atoms with E-state index in [-0.39, 0.29) is 0 Å². The molecule has 0 amide bonds. The Hall–Kier alpha value is -2.87. The summed E-state index contributed by atoms with van der Waals surface area (Å²) >= 11 is 0. The Labute approximate surface area is 142 Å². The molecule has 0 N–H and O–H groups in total. The summed E-state index contributed by atoms with van der Waals surface area (Å²) in [6.07, 6.45) is 0. The fraction of sp³-hybridized carbons (Fsp3) is 0.136. The first-order valence-corrected chi connectivity index (χ1v) is 8.29. The molecule has 0 bridgehead atoms. The van der Waals surface area contributed by atoms with Gasteiger partial charge in [0.15, 0.2) is 11.0 Å². The molecule has 0 atom stereocenters. The number of benzene rings is 3. The molecule has 4 aromatic rings. The van der Waals surface area contributed by atoms with E-state index in [4.69, 9.17) is 0 Å². The Morgan fingerprint density at radius 3 is 2.25 bits per heavy atom. The predicted molar refractivity (Wildman–Crippen MR) is 99.4 cm³/mol. The zero-order valence-corrected chi connectivity index (χ0v) is 14.3. The van der Waals surface area contributed by atoms with Crippen LogP contribution in [0.15, 0.2) is 72.8 Å². The van der Waals surface area contributed by atoms with Gasteiger partial charge in [-0.3, -0.25) is 0 Å². The number of hydrogen-bond donors (Lipinski definition) is 0. The molecule has 2 heteroatoms. The van der Waals surface area contributed by atoms with Crippen LogP contribution in [0.1, 0.15) is 11.1 Å². The summed E-state index contributed by atoms with van der Waals surface area (Å²) in [5, 5.41) is 0. The van der Waals surface area contributed by atoms with E-state index in [1.807, 2.05) is 0 Å². The quantitative estimate of drug-likeness (QED) is 0.473. The van der Waals surface area contributed by atoms with Crippen LogP contribution < -0.4 is 4.57 Å². The Balaban J connectivity index is 2.16. The molecule has 118 valence electrons. The molecule has 0 aliphatic heterocycles. The van der Waals surface area contributed by atoms with Crippen LogP contribution in [0.2, 0.25) is 0 Å². The van der Waals surface area contributed by atoms with Gasteiger partial charge >= 0.3 is 0 Å². The molecule has 0 spiro atoms. The van der Waals surface area contributed by atoms with Crippen LogP contribution in [0.3, 0.4) is 0 Å². The lowest BCUT2D eigenvalue weighted by molar-refractivity contribution is -0.633. The highest BCUT2D eigenvalue weighted by Gasteiger charge is 2.26. The number of nitrogens with zero attached hydrogens (tertiary/aromatic N) is 2. The van der Waals surface area contributed by atoms with E-state index in [1.165, 1.54) is 39.2 Å². The molecule has 1 aromatic heterocycles. The van der Waals surface area contributed by atoms with E-state index in [9.17, 15) is 0 Å². The minimum Gasteiger partial charge on any atom is -0.225 e. The number of fused-ring (bicyclic) bond motifs is 1. The number of aryl methyl sites for hydroxylation is 3. The van der Waals surface area contributed by atoms with Crippen LogP contribution >= 0.6 is 0 Å². The number of rotatable bonds is 2. The van der Waals surface area contributed by atoms with Gasteiger partial charge in [0.05, 0.1) is 12.6 Å². The van der Waals surface area contributed by atoms with Crippen molar-refractivity contribution in [2.24, 2.45) is 7.05 Å². The summed E-state index contributed by atoms with van der Waals surface area (Å²) in [5.74, 6) is 1.21. The minimum atomic E-state index is 1.19. The highest BCUT2D eigenvalue weighted by Crippen LogP contribution is 2.29. The maximum atomic E-state index is 2.36. The summed E-state index contributed by atoms with van der Waals surface area (Å²) in [4.78, 5) is 0. The van der Waals surface area contributed by atoms with Crippen LogP contribution in [-0.2, 0) is 7.05 Å². The Morgan fingerprint density at radius 1 is 0.792 bits per heavy atom. The fourth-order valence-electron chi connectivity index (χ4n) is 3.43. The summed E-state index contributed by atoms with van der Waals surface area (Å²) in [7, 11) is 2.16. The van der Waals surface area contributed by atoms with E-state index < -0.39 is 0 Å². The normalized spacial score (nSPS) is 11.1. The molecular weight excluding hydrogens is 292 g/mol. The van der Waals surface area contributed by atoms with Crippen molar-refractivity contribution in [2.75, 3.05) is 0 Å². The molecule has 4 rings (SSSR count). The molecule has 1 heterocycles. The van der Waals surface area contributed by atoms with Gasteiger partial charge in [-0.2, -0.15) is 4.57 Å². The van der Waals surface area contributed by atoms with Crippen LogP contribution in [-0.4, -0.2) is 4.57 Å². The molecule has 0 radical (unpaired) electrons. The van der Waals surface area contributed by atoms with E-state index in [0.717, 1.165) is 0 Å². The van der Waals surface area contributed by atoms with E-state index in [0.29, 0.717) is 0 Å². The van der Waals surface area contributed by atoms with Crippen molar-refractivity contribution < 1.29 is 4.57 Å². The molecule has 0 saturated heterocycles. The second-order valence-corrected chi connectivity index (χ2v) is 6.36. The lowest BCUT2D eigenvalue weighted by Gasteiger charge is -2.06. The van der Waals surface area contributed by atoms with Crippen LogP contribution in [0.5, 0.6) is 0 Å². The number of para-hydroxylation sites is 1. The molecule has 0 unspecified atom stereocenters. The van der Waals surface area contributed by atoms with Gasteiger partial charge < -0.3 is 0 Å². The third kappa shape index (κ3) is 2.23. The van der Waals surface area contributed by atoms with Crippen molar-refractivity contribution in [3.05, 3.63) is 83.9 Å². The highest BCUT2D eigenvalue weighted by atomic mass is 15.2. The molecule has 0 aliphatic carbocycles. The van der Waals surface area contributed by atoms with Gasteiger partial charge in [-0.05, 0) is 55.3 Å². The number of imidazole rings is 1. The maximum absolute atomic E-state index is 2.36. The Morgan fingerprint density at radius 2 is 1.50 bits per heavy atom. The van der Waals surface area contributed by atoms with Crippen molar-refractivity contribution in [1.29, 1.82) is 0 Å². The first-order chi connectivity index (χ1) is 11.7. The van der Waals surface area contributed by atoms with Crippen molar-refractivity contribution in [2.45, 2.75) is 13.8 Å². The smallest absolute Gasteiger partial charge is 0.225 e. The first kappa shape index (κ1) is 14.7. The molecule has 0 fully saturated rings. The van der Waals surface area contributed by atoms with Gasteiger partial charge in [-0.1, -0.05) is 42.5 Å². The second kappa shape index (κ2) is 5.64. The van der Waals surface area contributed by atoms with Gasteiger partial charge in [0.2, 0.25) is 0 Å². The lowest BCUT2D eigenvalue weighted by Crippen LogP contribution is -2.30. The topological polar surface area (TPSA) is 8.81 Å². The average molecular weight is 313 g/mol. The zero-order valence-electron chi connectivity index (χ0n) is 14.3. The van der Waals surface area contributed by atoms with Gasteiger partial charge in [0.1, 0.15) is 5.69 Å². The van der Waals surface area contributed by atoms with Crippen molar-refractivity contribution in [1.82, 2.24) is 4.57 Å². The van der Waals surface area contributed by atoms with E-state index in [1.54, 1.807) is 0 Å². The van der Waals surface area contributed by atoms with E-state index >= 15 is 0 Å². The predicted octanol–water partition coefficient (Wildman–Crippen LogP) is 4.74. The Kier molecular flexibility index (Phi) is 3.46. The van der Waals surface area contributed by atoms with Crippen LogP contribution in [0.4, 0.5) is 0 Å². The van der Waals surface area contributed by atoms with E-state index in [2.05, 4.69) is 103 Å². The van der Waals surface area contributed by atoms with Gasteiger partial charge in [0.25, 0.3) is 5.82 Å². The summed E-state index contributed by atoms with van der Waals surface area (Å²) in [6, 6.07) is 25.8. The first-order valence-electron chi connectivity index (χ1n) is 8.29. The SMILES string of the molecule is Cc1ccc2c(c1)[n+](C)c(-c1ccccc1C)n2-c1ccccc1. The maximum Gasteiger partial charge on any atom is 0.295 e. The minimum absolute atomic E-state index is 1.19. The van der Waals surface area contributed by atoms with Gasteiger partial charge in [-0.15, -0.1) is 0 Å². The number of aromatic nitrogens is 2. The van der Waals surface area contributed by atoms with Crippen molar-refractivity contribution >= 4 is 11.0 Å². The standard InChI is InChI=1S/C22H21N2/c1-16-13-14-20-21(15-16)23(3)22(19-12-8-7-9-17(19)2)24(20)18-10-5-4-6-11-18/h4-15H,1-3H3/q+1. The molecule has 2 nitrogen and oxygen atoms in total. The van der Waals surface area contributed by atoms with Gasteiger partial charge in [0, 0.05) is 0 Å². The van der Waals surface area contributed by atoms with Gasteiger partial charge in [-0.25, -0.2) is 4.57 Å². The number of hydrogen-bond acceptors (Lipinski definition) is 0.